The highest BCUT2D eigenvalue weighted by Crippen LogP contribution is 2.32. The Kier molecular flexibility index (Phi) is 7.28. The van der Waals surface area contributed by atoms with Gasteiger partial charge in [-0.05, 0) is 68.5 Å². The van der Waals surface area contributed by atoms with Crippen LogP contribution in [0.15, 0.2) is 58.0 Å². The minimum absolute atomic E-state index is 0.221. The number of hydrogen-bond donors (Lipinski definition) is 2. The summed E-state index contributed by atoms with van der Waals surface area (Å²) in [5.74, 6) is 0.542. The Hall–Kier alpha value is -3.55. The van der Waals surface area contributed by atoms with Crippen molar-refractivity contribution in [2.24, 2.45) is 5.10 Å². The van der Waals surface area contributed by atoms with E-state index in [1.165, 1.54) is 17.7 Å². The van der Waals surface area contributed by atoms with E-state index in [9.17, 15) is 18.0 Å². The van der Waals surface area contributed by atoms with Gasteiger partial charge in [-0.2, -0.15) is 18.3 Å². The van der Waals surface area contributed by atoms with Crippen LogP contribution in [0.5, 0.6) is 0 Å². The van der Waals surface area contributed by atoms with Crippen LogP contribution in [-0.4, -0.2) is 11.6 Å². The monoisotopic (exact) mass is 483 g/mol. The number of carbonyl (C=O) groups is 1. The van der Waals surface area contributed by atoms with Crippen LogP contribution < -0.4 is 10.7 Å². The first-order valence-electron chi connectivity index (χ1n) is 11.8. The minimum Gasteiger partial charge on any atom is -0.455 e. The van der Waals surface area contributed by atoms with Crippen molar-refractivity contribution in [2.45, 2.75) is 58.5 Å². The van der Waals surface area contributed by atoms with Gasteiger partial charge in [0.25, 0.3) is 5.91 Å². The van der Waals surface area contributed by atoms with E-state index in [0.717, 1.165) is 43.4 Å². The number of amides is 1. The van der Waals surface area contributed by atoms with Crippen LogP contribution in [0.4, 0.5) is 24.5 Å². The Morgan fingerprint density at radius 1 is 1.09 bits per heavy atom. The molecule has 0 saturated heterocycles. The van der Waals surface area contributed by atoms with E-state index in [2.05, 4.69) is 22.8 Å². The number of carbonyl (C=O) groups excluding carboxylic acids is 1. The zero-order valence-electron chi connectivity index (χ0n) is 19.8. The van der Waals surface area contributed by atoms with Crippen molar-refractivity contribution in [3.05, 3.63) is 82.3 Å². The standard InChI is InChI=1S/C27H28F3N3O2/c1-3-4-7-18-12-14-20(15-13-18)31-26(34)25-17(2)24-22(10-6-11-23(24)35-25)33-32-21-9-5-8-19(16-21)27(28,29)30/h5,8-9,12-16,32H,3-4,6-7,10-11H2,1-2H3,(H,31,34)/b33-22+. The summed E-state index contributed by atoms with van der Waals surface area (Å²) in [6.45, 7) is 3.95. The normalized spacial score (nSPS) is 14.6. The predicted molar refractivity (Wildman–Crippen MR) is 131 cm³/mol. The first kappa shape index (κ1) is 24.6. The maximum Gasteiger partial charge on any atom is 0.416 e. The molecule has 1 aliphatic rings. The smallest absolute Gasteiger partial charge is 0.416 e. The number of halogens is 3. The van der Waals surface area contributed by atoms with Gasteiger partial charge in [-0.15, -0.1) is 0 Å². The van der Waals surface area contributed by atoms with Crippen molar-refractivity contribution in [1.82, 2.24) is 0 Å². The van der Waals surface area contributed by atoms with E-state index in [1.807, 2.05) is 24.3 Å². The van der Waals surface area contributed by atoms with Gasteiger partial charge in [0, 0.05) is 23.2 Å². The highest BCUT2D eigenvalue weighted by molar-refractivity contribution is 6.09. The number of anilines is 2. The number of furan rings is 1. The van der Waals surface area contributed by atoms with Crippen molar-refractivity contribution in [1.29, 1.82) is 0 Å². The molecule has 0 aliphatic heterocycles. The van der Waals surface area contributed by atoms with Gasteiger partial charge in [0.15, 0.2) is 5.76 Å². The van der Waals surface area contributed by atoms with Crippen molar-refractivity contribution in [3.8, 4) is 0 Å². The number of alkyl halides is 3. The molecule has 1 aromatic heterocycles. The van der Waals surface area contributed by atoms with E-state index in [-0.39, 0.29) is 17.4 Å². The second kappa shape index (κ2) is 10.4. The Balaban J connectivity index is 1.52. The Labute approximate surface area is 202 Å². The average molecular weight is 484 g/mol. The lowest BCUT2D eigenvalue weighted by Crippen LogP contribution is -2.14. The summed E-state index contributed by atoms with van der Waals surface area (Å²) < 4.78 is 44.9. The molecule has 8 heteroatoms. The molecule has 0 spiro atoms. The molecule has 0 bridgehead atoms. The maximum atomic E-state index is 13.0. The van der Waals surface area contributed by atoms with Crippen molar-refractivity contribution < 1.29 is 22.4 Å². The third-order valence-electron chi connectivity index (χ3n) is 6.07. The van der Waals surface area contributed by atoms with Gasteiger partial charge in [-0.1, -0.05) is 31.5 Å². The number of hydrogen-bond acceptors (Lipinski definition) is 4. The largest absolute Gasteiger partial charge is 0.455 e. The number of hydrazone groups is 1. The zero-order chi connectivity index (χ0) is 25.0. The number of fused-ring (bicyclic) bond motifs is 1. The van der Waals surface area contributed by atoms with Gasteiger partial charge in [0.1, 0.15) is 5.76 Å². The molecule has 35 heavy (non-hydrogen) atoms. The first-order chi connectivity index (χ1) is 16.8. The molecule has 0 unspecified atom stereocenters. The SMILES string of the molecule is CCCCc1ccc(NC(=O)c2oc3c(c2C)/C(=N/Nc2cccc(C(F)(F)F)c2)CCC3)cc1. The van der Waals surface area contributed by atoms with Crippen LogP contribution >= 0.6 is 0 Å². The van der Waals surface area contributed by atoms with Crippen molar-refractivity contribution in [2.75, 3.05) is 10.7 Å². The fraction of sp³-hybridized carbons (Fsp3) is 0.333. The summed E-state index contributed by atoms with van der Waals surface area (Å²) in [6, 6.07) is 12.7. The molecular weight excluding hydrogens is 455 g/mol. The van der Waals surface area contributed by atoms with E-state index in [4.69, 9.17) is 4.42 Å². The Morgan fingerprint density at radius 2 is 1.86 bits per heavy atom. The summed E-state index contributed by atoms with van der Waals surface area (Å²) in [5.41, 5.74) is 6.21. The van der Waals surface area contributed by atoms with Gasteiger partial charge >= 0.3 is 6.18 Å². The van der Waals surface area contributed by atoms with Crippen molar-refractivity contribution >= 4 is 23.0 Å². The van der Waals surface area contributed by atoms with Crippen molar-refractivity contribution in [3.63, 3.8) is 0 Å². The molecule has 1 heterocycles. The number of unbranched alkanes of at least 4 members (excludes halogenated alkanes) is 1. The van der Waals surface area contributed by atoms with Crippen LogP contribution in [0.2, 0.25) is 0 Å². The van der Waals surface area contributed by atoms with Crippen LogP contribution in [0.1, 0.15) is 71.2 Å². The third kappa shape index (κ3) is 5.75. The van der Waals surface area contributed by atoms with Crippen LogP contribution in [-0.2, 0) is 19.0 Å². The van der Waals surface area contributed by atoms with E-state index in [0.29, 0.717) is 35.6 Å². The zero-order valence-corrected chi connectivity index (χ0v) is 19.8. The summed E-state index contributed by atoms with van der Waals surface area (Å²) in [4.78, 5) is 13.0. The quantitative estimate of drug-likeness (QED) is 0.345. The molecule has 5 nitrogen and oxygen atoms in total. The molecule has 0 saturated carbocycles. The van der Waals surface area contributed by atoms with Gasteiger partial charge in [-0.25, -0.2) is 0 Å². The number of nitrogens with zero attached hydrogens (tertiary/aromatic N) is 1. The fourth-order valence-electron chi connectivity index (χ4n) is 4.22. The summed E-state index contributed by atoms with van der Waals surface area (Å²) in [6.07, 6.45) is 0.881. The van der Waals surface area contributed by atoms with Gasteiger partial charge in [0.2, 0.25) is 0 Å². The summed E-state index contributed by atoms with van der Waals surface area (Å²) in [5, 5.41) is 7.27. The number of benzene rings is 2. The third-order valence-corrected chi connectivity index (χ3v) is 6.07. The lowest BCUT2D eigenvalue weighted by Gasteiger charge is -2.14. The highest BCUT2D eigenvalue weighted by atomic mass is 19.4. The molecule has 0 radical (unpaired) electrons. The summed E-state index contributed by atoms with van der Waals surface area (Å²) in [7, 11) is 0. The van der Waals surface area contributed by atoms with E-state index in [1.54, 1.807) is 6.92 Å². The number of aryl methyl sites for hydroxylation is 2. The lowest BCUT2D eigenvalue weighted by atomic mass is 9.93. The highest BCUT2D eigenvalue weighted by Gasteiger charge is 2.31. The predicted octanol–water partition coefficient (Wildman–Crippen LogP) is 7.35. The van der Waals surface area contributed by atoms with E-state index >= 15 is 0 Å². The van der Waals surface area contributed by atoms with Gasteiger partial charge in [0.05, 0.1) is 17.0 Å². The maximum absolute atomic E-state index is 13.0. The molecule has 3 aromatic rings. The van der Waals surface area contributed by atoms with Crippen LogP contribution in [0.25, 0.3) is 0 Å². The molecule has 2 N–H and O–H groups in total. The molecule has 184 valence electrons. The Bertz CT molecular complexity index is 1230. The van der Waals surface area contributed by atoms with Gasteiger partial charge in [-0.3, -0.25) is 10.2 Å². The first-order valence-corrected chi connectivity index (χ1v) is 11.8. The molecule has 4 rings (SSSR count). The molecular formula is C27H28F3N3O2. The second-order valence-electron chi connectivity index (χ2n) is 8.71. The second-order valence-corrected chi connectivity index (χ2v) is 8.71. The number of rotatable bonds is 7. The van der Waals surface area contributed by atoms with Gasteiger partial charge < -0.3 is 9.73 Å². The Morgan fingerprint density at radius 3 is 2.57 bits per heavy atom. The molecule has 2 aromatic carbocycles. The summed E-state index contributed by atoms with van der Waals surface area (Å²) >= 11 is 0. The average Bonchev–Trinajstić information content (AvgIpc) is 3.19. The topological polar surface area (TPSA) is 66.6 Å². The molecule has 0 atom stereocenters. The minimum atomic E-state index is -4.43. The van der Waals surface area contributed by atoms with Crippen LogP contribution in [0.3, 0.4) is 0 Å². The number of nitrogens with one attached hydrogen (secondary N) is 2. The molecule has 1 aliphatic carbocycles. The van der Waals surface area contributed by atoms with E-state index < -0.39 is 11.7 Å². The van der Waals surface area contributed by atoms with Crippen LogP contribution in [0, 0.1) is 6.92 Å². The molecule has 1 amide bonds. The molecule has 0 fully saturated rings. The fourth-order valence-corrected chi connectivity index (χ4v) is 4.22. The lowest BCUT2D eigenvalue weighted by molar-refractivity contribution is -0.137.